The van der Waals surface area contributed by atoms with Gasteiger partial charge in [0, 0.05) is 12.1 Å². The molecule has 0 spiro atoms. The summed E-state index contributed by atoms with van der Waals surface area (Å²) in [6, 6.07) is 3.09. The van der Waals surface area contributed by atoms with Gasteiger partial charge in [0.1, 0.15) is 0 Å². The molecule has 0 radical (unpaired) electrons. The topological polar surface area (TPSA) is 165 Å². The molecule has 1 aromatic carbocycles. The van der Waals surface area contributed by atoms with Gasteiger partial charge in [0.05, 0.1) is 25.3 Å². The molecule has 2 aliphatic rings. The van der Waals surface area contributed by atoms with Crippen LogP contribution in [0.15, 0.2) is 28.2 Å². The first kappa shape index (κ1) is 21.8. The molecule has 1 heterocycles. The van der Waals surface area contributed by atoms with Crippen LogP contribution in [0, 0.1) is 5.41 Å². The average Bonchev–Trinajstić information content (AvgIpc) is 2.70. The van der Waals surface area contributed by atoms with Crippen LogP contribution in [-0.2, 0) is 22.6 Å². The molecular formula is C19H25F2N7O2. The molecule has 3 rings (SSSR count). The number of carbonyl (C=O) groups excluding carboxylic acids is 1. The van der Waals surface area contributed by atoms with E-state index < -0.39 is 29.6 Å². The Morgan fingerprint density at radius 1 is 1.30 bits per heavy atom. The smallest absolute Gasteiger partial charge is 0.270 e. The lowest BCUT2D eigenvalue weighted by atomic mass is 9.88. The van der Waals surface area contributed by atoms with E-state index in [1.165, 1.54) is 0 Å². The molecule has 8 N–H and O–H groups in total. The number of aliphatic imine (C=N–C) groups is 2. The number of hydrogen-bond acceptors (Lipinski definition) is 5. The quantitative estimate of drug-likeness (QED) is 0.359. The minimum Gasteiger partial charge on any atom is -0.376 e. The lowest BCUT2D eigenvalue weighted by Crippen LogP contribution is -2.52. The highest BCUT2D eigenvalue weighted by atomic mass is 19.3. The molecular weight excluding hydrogens is 396 g/mol. The SMILES string of the molecule is N=C(C(N)=O)C(=NC(N)=N[C@@H]1CCCC(F)(F)[C@@H]1N)Nc1ccc2c(c1)COCC2. The van der Waals surface area contributed by atoms with E-state index in [2.05, 4.69) is 15.3 Å². The molecule has 1 fully saturated rings. The summed E-state index contributed by atoms with van der Waals surface area (Å²) in [7, 11) is 0. The fraction of sp³-hybridized carbons (Fsp3) is 0.474. The van der Waals surface area contributed by atoms with Crippen LogP contribution in [0.5, 0.6) is 0 Å². The second kappa shape index (κ2) is 8.84. The first-order valence-electron chi connectivity index (χ1n) is 9.58. The zero-order valence-electron chi connectivity index (χ0n) is 16.3. The Balaban J connectivity index is 1.85. The number of fused-ring (bicyclic) bond motifs is 1. The highest BCUT2D eigenvalue weighted by Crippen LogP contribution is 2.33. The van der Waals surface area contributed by atoms with Gasteiger partial charge in [-0.3, -0.25) is 10.2 Å². The normalized spacial score (nSPS) is 24.1. The van der Waals surface area contributed by atoms with Crippen LogP contribution >= 0.6 is 0 Å². The summed E-state index contributed by atoms with van der Waals surface area (Å²) in [6.07, 6.45) is 1.09. The van der Waals surface area contributed by atoms with Crippen molar-refractivity contribution in [3.63, 3.8) is 0 Å². The molecule has 2 atom stereocenters. The summed E-state index contributed by atoms with van der Waals surface area (Å²) in [6.45, 7) is 1.09. The van der Waals surface area contributed by atoms with Crippen molar-refractivity contribution < 1.29 is 18.3 Å². The Kier molecular flexibility index (Phi) is 6.42. The second-order valence-corrected chi connectivity index (χ2v) is 7.34. The number of hydrogen-bond donors (Lipinski definition) is 5. The van der Waals surface area contributed by atoms with Gasteiger partial charge >= 0.3 is 0 Å². The maximum absolute atomic E-state index is 13.8. The Bertz CT molecular complexity index is 901. The monoisotopic (exact) mass is 421 g/mol. The summed E-state index contributed by atoms with van der Waals surface area (Å²) in [5, 5.41) is 10.7. The number of guanidine groups is 1. The number of alkyl halides is 2. The van der Waals surface area contributed by atoms with Crippen molar-refractivity contribution in [3.8, 4) is 0 Å². The predicted molar refractivity (Wildman–Crippen MR) is 110 cm³/mol. The maximum atomic E-state index is 13.8. The molecule has 1 saturated carbocycles. The van der Waals surface area contributed by atoms with Crippen molar-refractivity contribution in [1.82, 2.24) is 0 Å². The van der Waals surface area contributed by atoms with Crippen LogP contribution < -0.4 is 22.5 Å². The molecule has 1 aliphatic heterocycles. The molecule has 0 bridgehead atoms. The van der Waals surface area contributed by atoms with E-state index in [1.54, 1.807) is 6.07 Å². The van der Waals surface area contributed by atoms with E-state index in [-0.39, 0.29) is 24.6 Å². The van der Waals surface area contributed by atoms with E-state index >= 15 is 0 Å². The molecule has 1 aliphatic carbocycles. The first-order valence-corrected chi connectivity index (χ1v) is 9.58. The number of carbonyl (C=O) groups is 1. The van der Waals surface area contributed by atoms with Crippen LogP contribution in [-0.4, -0.2) is 48.0 Å². The Labute approximate surface area is 172 Å². The Morgan fingerprint density at radius 3 is 2.80 bits per heavy atom. The highest BCUT2D eigenvalue weighted by Gasteiger charge is 2.44. The van der Waals surface area contributed by atoms with Gasteiger partial charge in [-0.1, -0.05) is 6.07 Å². The molecule has 30 heavy (non-hydrogen) atoms. The Morgan fingerprint density at radius 2 is 2.07 bits per heavy atom. The summed E-state index contributed by atoms with van der Waals surface area (Å²) >= 11 is 0. The molecule has 11 heteroatoms. The molecule has 0 unspecified atom stereocenters. The number of amides is 1. The second-order valence-electron chi connectivity index (χ2n) is 7.34. The van der Waals surface area contributed by atoms with E-state index in [0.717, 1.165) is 17.5 Å². The van der Waals surface area contributed by atoms with Gasteiger partial charge < -0.3 is 27.3 Å². The number of nitrogens with zero attached hydrogens (tertiary/aromatic N) is 2. The molecule has 0 saturated heterocycles. The summed E-state index contributed by atoms with van der Waals surface area (Å²) < 4.78 is 33.1. The van der Waals surface area contributed by atoms with Gasteiger partial charge in [-0.15, -0.1) is 0 Å². The first-order chi connectivity index (χ1) is 14.2. The molecule has 1 amide bonds. The lowest BCUT2D eigenvalue weighted by Gasteiger charge is -2.33. The molecule has 0 aromatic heterocycles. The standard InChI is InChI=1S/C19H25F2N7O2/c20-19(21)6-1-2-13(15(19)23)27-18(25)28-17(14(22)16(24)29)26-12-4-3-10-5-7-30-9-11(10)8-12/h3-4,8,13,15,22H,1-2,5-7,9,23H2,(H2,24,29)(H3,25,26,27,28)/t13-,15-/m1/s1. The van der Waals surface area contributed by atoms with Crippen molar-refractivity contribution in [3.05, 3.63) is 29.3 Å². The number of anilines is 1. The number of amidine groups is 1. The number of nitrogens with one attached hydrogen (secondary N) is 2. The molecule has 9 nitrogen and oxygen atoms in total. The van der Waals surface area contributed by atoms with E-state index in [1.807, 2.05) is 12.1 Å². The van der Waals surface area contributed by atoms with Gasteiger partial charge in [0.15, 0.2) is 11.5 Å². The molecule has 162 valence electrons. The predicted octanol–water partition coefficient (Wildman–Crippen LogP) is 0.905. The van der Waals surface area contributed by atoms with Gasteiger partial charge in [-0.05, 0) is 42.5 Å². The minimum absolute atomic E-state index is 0.239. The highest BCUT2D eigenvalue weighted by molar-refractivity contribution is 6.67. The van der Waals surface area contributed by atoms with Gasteiger partial charge in [0.25, 0.3) is 11.8 Å². The van der Waals surface area contributed by atoms with Crippen molar-refractivity contribution in [1.29, 1.82) is 5.41 Å². The van der Waals surface area contributed by atoms with Crippen LogP contribution in [0.1, 0.15) is 30.4 Å². The van der Waals surface area contributed by atoms with Crippen molar-refractivity contribution in [2.75, 3.05) is 11.9 Å². The molecule has 1 aromatic rings. The van der Waals surface area contributed by atoms with Gasteiger partial charge in [-0.2, -0.15) is 4.99 Å². The number of halogens is 2. The zero-order valence-corrected chi connectivity index (χ0v) is 16.3. The largest absolute Gasteiger partial charge is 0.376 e. The summed E-state index contributed by atoms with van der Waals surface area (Å²) in [4.78, 5) is 19.5. The number of benzene rings is 1. The number of rotatable bonds is 4. The fourth-order valence-corrected chi connectivity index (χ4v) is 3.48. The summed E-state index contributed by atoms with van der Waals surface area (Å²) in [5.74, 6) is -4.68. The van der Waals surface area contributed by atoms with Crippen LogP contribution in [0.25, 0.3) is 0 Å². The van der Waals surface area contributed by atoms with Crippen LogP contribution in [0.4, 0.5) is 14.5 Å². The van der Waals surface area contributed by atoms with Crippen molar-refractivity contribution in [2.24, 2.45) is 27.2 Å². The van der Waals surface area contributed by atoms with E-state index in [4.69, 9.17) is 27.3 Å². The van der Waals surface area contributed by atoms with Crippen LogP contribution in [0.2, 0.25) is 0 Å². The number of primary amides is 1. The Hall–Kier alpha value is -2.92. The van der Waals surface area contributed by atoms with Gasteiger partial charge in [0.2, 0.25) is 5.96 Å². The van der Waals surface area contributed by atoms with Crippen molar-refractivity contribution >= 4 is 29.1 Å². The van der Waals surface area contributed by atoms with E-state index in [9.17, 15) is 13.6 Å². The van der Waals surface area contributed by atoms with Gasteiger partial charge in [-0.25, -0.2) is 13.8 Å². The zero-order chi connectivity index (χ0) is 21.9. The average molecular weight is 421 g/mol. The number of nitrogens with two attached hydrogens (primary N) is 3. The maximum Gasteiger partial charge on any atom is 0.270 e. The number of ether oxygens (including phenoxy) is 1. The fourth-order valence-electron chi connectivity index (χ4n) is 3.48. The lowest BCUT2D eigenvalue weighted by molar-refractivity contribution is -0.111. The summed E-state index contributed by atoms with van der Waals surface area (Å²) in [5.41, 5.74) is 18.7. The van der Waals surface area contributed by atoms with Crippen LogP contribution in [0.3, 0.4) is 0 Å². The van der Waals surface area contributed by atoms with E-state index in [0.29, 0.717) is 25.3 Å². The van der Waals surface area contributed by atoms with Crippen molar-refractivity contribution in [2.45, 2.75) is 50.3 Å². The third-order valence-electron chi connectivity index (χ3n) is 5.16. The minimum atomic E-state index is -3.04. The third-order valence-corrected chi connectivity index (χ3v) is 5.16. The third kappa shape index (κ3) is 4.97.